The Morgan fingerprint density at radius 2 is 1.95 bits per heavy atom. The molecule has 0 radical (unpaired) electrons. The molecular weight excluding hydrogens is 240 g/mol. The van der Waals surface area contributed by atoms with E-state index < -0.39 is 5.60 Å². The third-order valence-electron chi connectivity index (χ3n) is 4.76. The summed E-state index contributed by atoms with van der Waals surface area (Å²) in [6, 6.07) is 10.5. The molecule has 0 spiro atoms. The lowest BCUT2D eigenvalue weighted by atomic mass is 9.84. The van der Waals surface area contributed by atoms with Gasteiger partial charge in [0.1, 0.15) is 0 Å². The zero-order chi connectivity index (χ0) is 13.3. The Morgan fingerprint density at radius 1 is 1.26 bits per heavy atom. The predicted molar refractivity (Wildman–Crippen MR) is 73.1 cm³/mol. The minimum absolute atomic E-state index is 0.334. The van der Waals surface area contributed by atoms with Crippen LogP contribution in [-0.2, 0) is 9.47 Å². The average molecular weight is 262 g/mol. The van der Waals surface area contributed by atoms with E-state index in [2.05, 4.69) is 24.3 Å². The molecule has 1 aromatic carbocycles. The highest BCUT2D eigenvalue weighted by molar-refractivity contribution is 5.27. The fraction of sp³-hybridized carbons (Fsp3) is 0.625. The molecule has 1 aromatic rings. The normalized spacial score (nSPS) is 30.8. The molecule has 19 heavy (non-hydrogen) atoms. The molecule has 3 rings (SSSR count). The summed E-state index contributed by atoms with van der Waals surface area (Å²) in [4.78, 5) is 0. The summed E-state index contributed by atoms with van der Waals surface area (Å²) in [6.45, 7) is 1.38. The maximum absolute atomic E-state index is 10.7. The molecule has 0 amide bonds. The van der Waals surface area contributed by atoms with Crippen molar-refractivity contribution in [2.75, 3.05) is 20.3 Å². The fourth-order valence-electron chi connectivity index (χ4n) is 3.37. The van der Waals surface area contributed by atoms with Crippen LogP contribution in [0, 0.1) is 5.92 Å². The summed E-state index contributed by atoms with van der Waals surface area (Å²) in [5.41, 5.74) is 0.941. The van der Waals surface area contributed by atoms with Crippen molar-refractivity contribution in [1.82, 2.24) is 0 Å². The fourth-order valence-corrected chi connectivity index (χ4v) is 3.37. The second-order valence-electron chi connectivity index (χ2n) is 5.74. The van der Waals surface area contributed by atoms with Crippen LogP contribution in [0.25, 0.3) is 0 Å². The van der Waals surface area contributed by atoms with Crippen molar-refractivity contribution in [2.24, 2.45) is 5.92 Å². The molecular formula is C16H22O3. The summed E-state index contributed by atoms with van der Waals surface area (Å²) in [5.74, 6) is 0.825. The second-order valence-corrected chi connectivity index (χ2v) is 5.74. The van der Waals surface area contributed by atoms with Gasteiger partial charge in [-0.15, -0.1) is 0 Å². The van der Waals surface area contributed by atoms with Gasteiger partial charge in [0.15, 0.2) is 0 Å². The Labute approximate surface area is 114 Å². The Morgan fingerprint density at radius 3 is 2.58 bits per heavy atom. The lowest BCUT2D eigenvalue weighted by molar-refractivity contribution is -0.158. The van der Waals surface area contributed by atoms with E-state index in [1.54, 1.807) is 7.11 Å². The molecule has 1 N–H and O–H groups in total. The first-order valence-electron chi connectivity index (χ1n) is 7.13. The third-order valence-corrected chi connectivity index (χ3v) is 4.76. The Balaban J connectivity index is 1.70. The van der Waals surface area contributed by atoms with Crippen LogP contribution < -0.4 is 0 Å². The number of benzene rings is 1. The van der Waals surface area contributed by atoms with Gasteiger partial charge < -0.3 is 14.6 Å². The first-order chi connectivity index (χ1) is 9.27. The van der Waals surface area contributed by atoms with Crippen molar-refractivity contribution in [2.45, 2.75) is 36.9 Å². The largest absolute Gasteiger partial charge is 0.390 e. The van der Waals surface area contributed by atoms with E-state index in [0.29, 0.717) is 25.0 Å². The van der Waals surface area contributed by atoms with E-state index in [0.717, 1.165) is 19.3 Å². The van der Waals surface area contributed by atoms with Crippen LogP contribution in [-0.4, -0.2) is 37.1 Å². The molecule has 3 nitrogen and oxygen atoms in total. The molecule has 2 fully saturated rings. The summed E-state index contributed by atoms with van der Waals surface area (Å²) < 4.78 is 11.1. The summed E-state index contributed by atoms with van der Waals surface area (Å²) in [7, 11) is 1.72. The third kappa shape index (κ3) is 2.42. The Bertz CT molecular complexity index is 411. The lowest BCUT2D eigenvalue weighted by Crippen LogP contribution is -2.49. The van der Waals surface area contributed by atoms with Gasteiger partial charge in [0.05, 0.1) is 11.7 Å². The number of ether oxygens (including phenoxy) is 2. The van der Waals surface area contributed by atoms with E-state index in [1.807, 2.05) is 6.07 Å². The quantitative estimate of drug-likeness (QED) is 0.905. The number of hydrogen-bond donors (Lipinski definition) is 1. The standard InChI is InChI=1S/C16H22O3/c1-18-16(7-9-19-10-8-16)15(17)14-11-13(14)12-5-3-2-4-6-12/h2-6,13-15,17H,7-11H2,1H3. The predicted octanol–water partition coefficient (Wildman–Crippen LogP) is 2.35. The van der Waals surface area contributed by atoms with Crippen LogP contribution in [0.2, 0.25) is 0 Å². The van der Waals surface area contributed by atoms with Crippen LogP contribution in [0.3, 0.4) is 0 Å². The van der Waals surface area contributed by atoms with E-state index in [4.69, 9.17) is 9.47 Å². The Kier molecular flexibility index (Phi) is 3.61. The molecule has 1 aliphatic carbocycles. The maximum Gasteiger partial charge on any atom is 0.0983 e. The minimum Gasteiger partial charge on any atom is -0.390 e. The van der Waals surface area contributed by atoms with E-state index >= 15 is 0 Å². The topological polar surface area (TPSA) is 38.7 Å². The van der Waals surface area contributed by atoms with Gasteiger partial charge in [0, 0.05) is 33.2 Å². The Hall–Kier alpha value is -0.900. The molecule has 3 atom stereocenters. The van der Waals surface area contributed by atoms with Gasteiger partial charge in [-0.25, -0.2) is 0 Å². The highest BCUT2D eigenvalue weighted by Gasteiger charge is 2.52. The average Bonchev–Trinajstić information content (AvgIpc) is 3.28. The SMILES string of the molecule is COC1(C(O)C2CC2c2ccccc2)CCOCC1. The molecule has 1 saturated heterocycles. The number of rotatable bonds is 4. The van der Waals surface area contributed by atoms with Crippen molar-refractivity contribution >= 4 is 0 Å². The number of aliphatic hydroxyl groups is 1. The van der Waals surface area contributed by atoms with Crippen LogP contribution in [0.5, 0.6) is 0 Å². The van der Waals surface area contributed by atoms with Crippen LogP contribution in [0.15, 0.2) is 30.3 Å². The molecule has 104 valence electrons. The molecule has 0 aromatic heterocycles. The highest BCUT2D eigenvalue weighted by Crippen LogP contribution is 2.53. The van der Waals surface area contributed by atoms with E-state index in [1.165, 1.54) is 5.56 Å². The van der Waals surface area contributed by atoms with Crippen molar-refractivity contribution in [1.29, 1.82) is 0 Å². The summed E-state index contributed by atoms with van der Waals surface area (Å²) in [6.07, 6.45) is 2.27. The molecule has 1 aliphatic heterocycles. The van der Waals surface area contributed by atoms with Gasteiger partial charge in [-0.2, -0.15) is 0 Å². The first-order valence-corrected chi connectivity index (χ1v) is 7.13. The van der Waals surface area contributed by atoms with E-state index in [9.17, 15) is 5.11 Å². The van der Waals surface area contributed by atoms with Gasteiger partial charge in [0.2, 0.25) is 0 Å². The van der Waals surface area contributed by atoms with Gasteiger partial charge >= 0.3 is 0 Å². The molecule has 1 heterocycles. The molecule has 1 saturated carbocycles. The van der Waals surface area contributed by atoms with Crippen molar-refractivity contribution in [3.05, 3.63) is 35.9 Å². The van der Waals surface area contributed by atoms with Gasteiger partial charge in [-0.1, -0.05) is 30.3 Å². The molecule has 3 heteroatoms. The molecule has 2 aliphatic rings. The zero-order valence-corrected chi connectivity index (χ0v) is 11.4. The van der Waals surface area contributed by atoms with Gasteiger partial charge in [-0.3, -0.25) is 0 Å². The minimum atomic E-state index is -0.396. The number of aliphatic hydroxyl groups excluding tert-OH is 1. The van der Waals surface area contributed by atoms with Crippen LogP contribution in [0.1, 0.15) is 30.7 Å². The van der Waals surface area contributed by atoms with Crippen molar-refractivity contribution in [3.8, 4) is 0 Å². The number of methoxy groups -OCH3 is 1. The second kappa shape index (κ2) is 5.23. The highest BCUT2D eigenvalue weighted by atomic mass is 16.5. The smallest absolute Gasteiger partial charge is 0.0983 e. The van der Waals surface area contributed by atoms with Crippen LogP contribution >= 0.6 is 0 Å². The van der Waals surface area contributed by atoms with Crippen molar-refractivity contribution < 1.29 is 14.6 Å². The zero-order valence-electron chi connectivity index (χ0n) is 11.4. The number of hydrogen-bond acceptors (Lipinski definition) is 3. The van der Waals surface area contributed by atoms with Crippen molar-refractivity contribution in [3.63, 3.8) is 0 Å². The molecule has 3 unspecified atom stereocenters. The van der Waals surface area contributed by atoms with Crippen LogP contribution in [0.4, 0.5) is 0 Å². The molecule has 0 bridgehead atoms. The maximum atomic E-state index is 10.7. The summed E-state index contributed by atoms with van der Waals surface area (Å²) in [5, 5.41) is 10.7. The lowest BCUT2D eigenvalue weighted by Gasteiger charge is -2.40. The summed E-state index contributed by atoms with van der Waals surface area (Å²) >= 11 is 0. The van der Waals surface area contributed by atoms with E-state index in [-0.39, 0.29) is 6.10 Å². The first kappa shape index (κ1) is 13.1. The monoisotopic (exact) mass is 262 g/mol. The van der Waals surface area contributed by atoms with Gasteiger partial charge in [0.25, 0.3) is 0 Å². The van der Waals surface area contributed by atoms with Gasteiger partial charge in [-0.05, 0) is 23.8 Å².